The minimum absolute atomic E-state index is 0.691. The van der Waals surface area contributed by atoms with E-state index in [1.54, 1.807) is 7.11 Å². The van der Waals surface area contributed by atoms with Crippen LogP contribution in [-0.4, -0.2) is 16.7 Å². The fourth-order valence-corrected chi connectivity index (χ4v) is 2.42. The van der Waals surface area contributed by atoms with Gasteiger partial charge in [-0.05, 0) is 46.7 Å². The molecule has 5 heteroatoms. The van der Waals surface area contributed by atoms with Crippen LogP contribution in [0.25, 0.3) is 5.69 Å². The molecule has 0 amide bonds. The van der Waals surface area contributed by atoms with Gasteiger partial charge < -0.3 is 9.72 Å². The largest absolute Gasteiger partial charge is 0.497 e. The Bertz CT molecular complexity index is 588. The summed E-state index contributed by atoms with van der Waals surface area (Å²) in [4.78, 5) is 3.07. The first kappa shape index (κ1) is 12.4. The number of benzene rings is 1. The summed E-state index contributed by atoms with van der Waals surface area (Å²) in [7, 11) is 1.66. The van der Waals surface area contributed by atoms with Crippen LogP contribution in [0.2, 0.25) is 0 Å². The van der Waals surface area contributed by atoms with E-state index in [-0.39, 0.29) is 0 Å². The zero-order chi connectivity index (χ0) is 12.4. The highest BCUT2D eigenvalue weighted by Gasteiger charge is 2.09. The summed E-state index contributed by atoms with van der Waals surface area (Å²) in [5, 5.41) is 0. The topological polar surface area (TPSA) is 29.9 Å². The molecular weight excluding hydrogens is 300 g/mol. The van der Waals surface area contributed by atoms with Crippen molar-refractivity contribution in [3.05, 3.63) is 39.3 Å². The number of nitrogens with zero attached hydrogens (tertiary/aromatic N) is 1. The summed E-state index contributed by atoms with van der Waals surface area (Å²) in [6.45, 7) is 2.10. The van der Waals surface area contributed by atoms with Crippen LogP contribution in [-0.2, 0) is 6.42 Å². The lowest BCUT2D eigenvalue weighted by molar-refractivity contribution is 0.414. The third-order valence-electron chi connectivity index (χ3n) is 2.61. The third kappa shape index (κ3) is 2.30. The molecule has 0 fully saturated rings. The molecule has 2 aromatic rings. The van der Waals surface area contributed by atoms with Crippen molar-refractivity contribution in [1.82, 2.24) is 9.55 Å². The lowest BCUT2D eigenvalue weighted by Crippen LogP contribution is -2.00. The summed E-state index contributed by atoms with van der Waals surface area (Å²) in [6.07, 6.45) is 2.85. The maximum atomic E-state index is 5.31. The smallest absolute Gasteiger partial charge is 0.182 e. The van der Waals surface area contributed by atoms with Crippen molar-refractivity contribution in [2.45, 2.75) is 13.3 Å². The molecule has 0 spiro atoms. The Kier molecular flexibility index (Phi) is 3.69. The molecule has 1 aromatic carbocycles. The van der Waals surface area contributed by atoms with Crippen molar-refractivity contribution in [2.24, 2.45) is 0 Å². The van der Waals surface area contributed by atoms with E-state index in [1.807, 2.05) is 29.0 Å². The Morgan fingerprint density at radius 2 is 2.24 bits per heavy atom. The van der Waals surface area contributed by atoms with Gasteiger partial charge in [0.1, 0.15) is 5.75 Å². The van der Waals surface area contributed by atoms with E-state index in [0.717, 1.165) is 28.0 Å². The Morgan fingerprint density at radius 1 is 1.47 bits per heavy atom. The number of H-pyrrole nitrogens is 1. The Hall–Kier alpha value is -1.07. The zero-order valence-electron chi connectivity index (χ0n) is 9.66. The van der Waals surface area contributed by atoms with Gasteiger partial charge in [-0.25, -0.2) is 0 Å². The molecule has 1 heterocycles. The number of aryl methyl sites for hydroxylation is 1. The number of nitrogens with one attached hydrogen (secondary N) is 1. The van der Waals surface area contributed by atoms with Gasteiger partial charge in [-0.15, -0.1) is 0 Å². The molecule has 0 saturated carbocycles. The molecule has 0 aliphatic carbocycles. The second-order valence-corrected chi connectivity index (χ2v) is 4.83. The van der Waals surface area contributed by atoms with E-state index in [9.17, 15) is 0 Å². The van der Waals surface area contributed by atoms with Crippen molar-refractivity contribution >= 4 is 28.1 Å². The van der Waals surface area contributed by atoms with Gasteiger partial charge in [-0.2, -0.15) is 0 Å². The molecule has 1 N–H and O–H groups in total. The van der Waals surface area contributed by atoms with E-state index in [0.29, 0.717) is 4.77 Å². The van der Waals surface area contributed by atoms with E-state index in [4.69, 9.17) is 17.0 Å². The van der Waals surface area contributed by atoms with E-state index >= 15 is 0 Å². The monoisotopic (exact) mass is 312 g/mol. The SMILES string of the molecule is CCc1c[nH]c(=S)n1-c1cc(OC)ccc1Br. The molecular formula is C12H13BrN2OS. The first-order chi connectivity index (χ1) is 8.17. The van der Waals surface area contributed by atoms with Crippen molar-refractivity contribution < 1.29 is 4.74 Å². The second kappa shape index (κ2) is 5.06. The van der Waals surface area contributed by atoms with Gasteiger partial charge in [-0.3, -0.25) is 4.57 Å². The minimum atomic E-state index is 0.691. The molecule has 1 aromatic heterocycles. The second-order valence-electron chi connectivity index (χ2n) is 3.59. The number of hydrogen-bond donors (Lipinski definition) is 1. The standard InChI is InChI=1S/C12H13BrN2OS/c1-3-8-7-14-12(17)15(8)11-6-9(16-2)4-5-10(11)13/h4-7H,3H2,1-2H3,(H,14,17). The summed E-state index contributed by atoms with van der Waals surface area (Å²) in [5.74, 6) is 0.813. The first-order valence-corrected chi connectivity index (χ1v) is 6.50. The highest BCUT2D eigenvalue weighted by atomic mass is 79.9. The van der Waals surface area contributed by atoms with Crippen LogP contribution in [0.5, 0.6) is 5.75 Å². The highest BCUT2D eigenvalue weighted by molar-refractivity contribution is 9.10. The van der Waals surface area contributed by atoms with Crippen LogP contribution in [0.1, 0.15) is 12.6 Å². The van der Waals surface area contributed by atoms with E-state index in [1.165, 1.54) is 0 Å². The zero-order valence-corrected chi connectivity index (χ0v) is 12.1. The molecule has 3 nitrogen and oxygen atoms in total. The van der Waals surface area contributed by atoms with E-state index in [2.05, 4.69) is 27.8 Å². The fraction of sp³-hybridized carbons (Fsp3) is 0.250. The number of halogens is 1. The van der Waals surface area contributed by atoms with Gasteiger partial charge in [0, 0.05) is 22.4 Å². The van der Waals surface area contributed by atoms with Gasteiger partial charge >= 0.3 is 0 Å². The number of hydrogen-bond acceptors (Lipinski definition) is 2. The molecule has 90 valence electrons. The first-order valence-electron chi connectivity index (χ1n) is 5.30. The van der Waals surface area contributed by atoms with Crippen LogP contribution in [0, 0.1) is 4.77 Å². The Morgan fingerprint density at radius 3 is 2.88 bits per heavy atom. The predicted molar refractivity (Wildman–Crippen MR) is 74.6 cm³/mol. The lowest BCUT2D eigenvalue weighted by atomic mass is 10.2. The Labute approximate surface area is 114 Å². The molecule has 0 unspecified atom stereocenters. The van der Waals surface area contributed by atoms with Gasteiger partial charge in [0.25, 0.3) is 0 Å². The number of methoxy groups -OCH3 is 1. The molecule has 0 atom stereocenters. The average Bonchev–Trinajstić information content (AvgIpc) is 2.71. The van der Waals surface area contributed by atoms with Gasteiger partial charge in [0.2, 0.25) is 0 Å². The summed E-state index contributed by atoms with van der Waals surface area (Å²) < 4.78 is 8.94. The number of ether oxygens (including phenoxy) is 1. The van der Waals surface area contributed by atoms with Crippen molar-refractivity contribution in [3.8, 4) is 11.4 Å². The fourth-order valence-electron chi connectivity index (χ4n) is 1.72. The summed E-state index contributed by atoms with van der Waals surface area (Å²) in [5.41, 5.74) is 2.14. The molecule has 2 rings (SSSR count). The number of aromatic amines is 1. The molecule has 0 radical (unpaired) electrons. The number of aromatic nitrogens is 2. The van der Waals surface area contributed by atoms with Crippen LogP contribution >= 0.6 is 28.1 Å². The molecule has 0 aliphatic heterocycles. The summed E-state index contributed by atoms with van der Waals surface area (Å²) in [6, 6.07) is 5.84. The van der Waals surface area contributed by atoms with Gasteiger partial charge in [0.15, 0.2) is 4.77 Å². The van der Waals surface area contributed by atoms with Gasteiger partial charge in [-0.1, -0.05) is 6.92 Å². The highest BCUT2D eigenvalue weighted by Crippen LogP contribution is 2.27. The van der Waals surface area contributed by atoms with Crippen LogP contribution in [0.3, 0.4) is 0 Å². The van der Waals surface area contributed by atoms with Crippen molar-refractivity contribution in [2.75, 3.05) is 7.11 Å². The van der Waals surface area contributed by atoms with Crippen LogP contribution in [0.4, 0.5) is 0 Å². The van der Waals surface area contributed by atoms with E-state index < -0.39 is 0 Å². The predicted octanol–water partition coefficient (Wildman–Crippen LogP) is 3.87. The maximum Gasteiger partial charge on any atom is 0.182 e. The third-order valence-corrected chi connectivity index (χ3v) is 3.58. The van der Waals surface area contributed by atoms with Crippen LogP contribution < -0.4 is 4.74 Å². The average molecular weight is 313 g/mol. The normalized spacial score (nSPS) is 10.5. The molecule has 17 heavy (non-hydrogen) atoms. The minimum Gasteiger partial charge on any atom is -0.497 e. The molecule has 0 bridgehead atoms. The lowest BCUT2D eigenvalue weighted by Gasteiger charge is -2.11. The Balaban J connectivity index is 2.66. The molecule has 0 aliphatic rings. The quantitative estimate of drug-likeness (QED) is 0.872. The number of imidazole rings is 1. The van der Waals surface area contributed by atoms with Crippen molar-refractivity contribution in [3.63, 3.8) is 0 Å². The number of rotatable bonds is 3. The summed E-state index contributed by atoms with van der Waals surface area (Å²) >= 11 is 8.85. The maximum absolute atomic E-state index is 5.31. The van der Waals surface area contributed by atoms with Gasteiger partial charge in [0.05, 0.1) is 12.8 Å². The molecule has 0 saturated heterocycles. The van der Waals surface area contributed by atoms with Crippen LogP contribution in [0.15, 0.2) is 28.9 Å². The van der Waals surface area contributed by atoms with Crippen molar-refractivity contribution in [1.29, 1.82) is 0 Å².